The smallest absolute Gasteiger partial charge is 0.262 e. The summed E-state index contributed by atoms with van der Waals surface area (Å²) in [6.45, 7) is 2.46. The van der Waals surface area contributed by atoms with E-state index in [4.69, 9.17) is 4.74 Å². The van der Waals surface area contributed by atoms with E-state index in [9.17, 15) is 15.0 Å². The van der Waals surface area contributed by atoms with Crippen LogP contribution in [-0.2, 0) is 0 Å². The van der Waals surface area contributed by atoms with Crippen LogP contribution in [0, 0.1) is 0 Å². The number of carbonyl (C=O) groups excluding carboxylic acids is 1. The summed E-state index contributed by atoms with van der Waals surface area (Å²) in [6, 6.07) is 19.1. The van der Waals surface area contributed by atoms with Gasteiger partial charge in [-0.2, -0.15) is 0 Å². The Balaban J connectivity index is 1.84. The average molecular weight is 376 g/mol. The van der Waals surface area contributed by atoms with Crippen LogP contribution in [0.5, 0.6) is 17.2 Å². The first kappa shape index (κ1) is 17.7. The highest BCUT2D eigenvalue weighted by Gasteiger charge is 2.35. The molecule has 0 aromatic heterocycles. The minimum atomic E-state index is -0.688. The van der Waals surface area contributed by atoms with E-state index in [-0.39, 0.29) is 17.4 Å². The van der Waals surface area contributed by atoms with Gasteiger partial charge < -0.3 is 20.3 Å². The molecule has 1 heterocycles. The molecule has 4 rings (SSSR count). The molecular weight excluding hydrogens is 356 g/mol. The number of phenols is 2. The average Bonchev–Trinajstić information content (AvgIpc) is 2.71. The van der Waals surface area contributed by atoms with Gasteiger partial charge in [0.15, 0.2) is 11.5 Å². The Morgan fingerprint density at radius 3 is 2.50 bits per heavy atom. The molecule has 0 saturated heterocycles. The highest BCUT2D eigenvalue weighted by molar-refractivity contribution is 6.12. The molecule has 6 nitrogen and oxygen atoms in total. The molecule has 0 bridgehead atoms. The number of benzene rings is 3. The van der Waals surface area contributed by atoms with Gasteiger partial charge >= 0.3 is 0 Å². The van der Waals surface area contributed by atoms with Crippen LogP contribution in [0.2, 0.25) is 0 Å². The van der Waals surface area contributed by atoms with Crippen LogP contribution in [0.1, 0.15) is 29.0 Å². The molecule has 0 unspecified atom stereocenters. The van der Waals surface area contributed by atoms with Gasteiger partial charge in [-0.15, -0.1) is 0 Å². The fraction of sp³-hybridized carbons (Fsp3) is 0.136. The van der Waals surface area contributed by atoms with E-state index in [2.05, 4.69) is 5.32 Å². The van der Waals surface area contributed by atoms with Gasteiger partial charge in [0, 0.05) is 16.9 Å². The summed E-state index contributed by atoms with van der Waals surface area (Å²) in [5.74, 6) is 0.00689. The summed E-state index contributed by atoms with van der Waals surface area (Å²) >= 11 is 0. The third-order valence-corrected chi connectivity index (χ3v) is 4.69. The first-order valence-corrected chi connectivity index (χ1v) is 9.03. The number of nitrogens with zero attached hydrogens (tertiary/aromatic N) is 1. The maximum atomic E-state index is 13.3. The highest BCUT2D eigenvalue weighted by Crippen LogP contribution is 2.41. The largest absolute Gasteiger partial charge is 0.504 e. The van der Waals surface area contributed by atoms with E-state index < -0.39 is 6.17 Å². The van der Waals surface area contributed by atoms with Crippen LogP contribution >= 0.6 is 0 Å². The first-order chi connectivity index (χ1) is 13.6. The molecule has 142 valence electrons. The van der Waals surface area contributed by atoms with Gasteiger partial charge in [0.25, 0.3) is 5.91 Å². The number of phenolic OH excluding ortho intramolecular Hbond substituents is 2. The number of ether oxygens (including phenoxy) is 1. The second-order valence-corrected chi connectivity index (χ2v) is 6.41. The second kappa shape index (κ2) is 7.15. The Bertz CT molecular complexity index is 1020. The lowest BCUT2D eigenvalue weighted by atomic mass is 10.0. The molecule has 0 aliphatic carbocycles. The third-order valence-electron chi connectivity index (χ3n) is 4.69. The van der Waals surface area contributed by atoms with Gasteiger partial charge in [0.2, 0.25) is 0 Å². The molecule has 3 aromatic rings. The predicted molar refractivity (Wildman–Crippen MR) is 107 cm³/mol. The number of anilines is 2. The quantitative estimate of drug-likeness (QED) is 0.593. The van der Waals surface area contributed by atoms with Crippen molar-refractivity contribution in [1.29, 1.82) is 0 Å². The predicted octanol–water partition coefficient (Wildman–Crippen LogP) is 4.27. The summed E-state index contributed by atoms with van der Waals surface area (Å²) in [6.07, 6.45) is -0.688. The minimum Gasteiger partial charge on any atom is -0.504 e. The molecule has 28 heavy (non-hydrogen) atoms. The summed E-state index contributed by atoms with van der Waals surface area (Å²) in [4.78, 5) is 14.9. The molecule has 3 aromatic carbocycles. The lowest BCUT2D eigenvalue weighted by Crippen LogP contribution is -2.43. The molecule has 1 atom stereocenters. The highest BCUT2D eigenvalue weighted by atomic mass is 16.5. The zero-order valence-electron chi connectivity index (χ0n) is 15.3. The number of aromatic hydroxyl groups is 2. The molecule has 1 amide bonds. The van der Waals surface area contributed by atoms with Crippen LogP contribution in [0.15, 0.2) is 66.7 Å². The Morgan fingerprint density at radius 2 is 1.75 bits per heavy atom. The Hall–Kier alpha value is -3.67. The molecule has 0 fully saturated rings. The van der Waals surface area contributed by atoms with Crippen molar-refractivity contribution in [3.8, 4) is 17.2 Å². The number of hydrogen-bond acceptors (Lipinski definition) is 5. The Morgan fingerprint density at radius 1 is 1.00 bits per heavy atom. The van der Waals surface area contributed by atoms with Gasteiger partial charge in [0.05, 0.1) is 12.2 Å². The first-order valence-electron chi connectivity index (χ1n) is 9.03. The van der Waals surface area contributed by atoms with Crippen LogP contribution < -0.4 is 15.0 Å². The van der Waals surface area contributed by atoms with Crippen LogP contribution in [-0.4, -0.2) is 22.7 Å². The molecule has 1 aliphatic heterocycles. The van der Waals surface area contributed by atoms with Crippen molar-refractivity contribution in [1.82, 2.24) is 0 Å². The maximum absolute atomic E-state index is 13.3. The normalized spacial score (nSPS) is 15.7. The van der Waals surface area contributed by atoms with Crippen molar-refractivity contribution in [2.75, 3.05) is 16.8 Å². The molecule has 0 spiro atoms. The van der Waals surface area contributed by atoms with E-state index in [1.807, 2.05) is 19.1 Å². The topological polar surface area (TPSA) is 82.0 Å². The fourth-order valence-electron chi connectivity index (χ4n) is 3.38. The number of carbonyl (C=O) groups is 1. The van der Waals surface area contributed by atoms with Crippen LogP contribution in [0.3, 0.4) is 0 Å². The van der Waals surface area contributed by atoms with Gasteiger partial charge in [-0.05, 0) is 49.4 Å². The number of nitrogens with one attached hydrogen (secondary N) is 1. The zero-order valence-corrected chi connectivity index (χ0v) is 15.3. The second-order valence-electron chi connectivity index (χ2n) is 6.41. The lowest BCUT2D eigenvalue weighted by molar-refractivity contribution is 0.0974. The minimum absolute atomic E-state index is 0.203. The van der Waals surface area contributed by atoms with E-state index in [1.165, 1.54) is 6.07 Å². The monoisotopic (exact) mass is 376 g/mol. The van der Waals surface area contributed by atoms with Crippen molar-refractivity contribution in [2.24, 2.45) is 0 Å². The number of fused-ring (bicyclic) bond motifs is 1. The molecule has 6 heteroatoms. The van der Waals surface area contributed by atoms with Gasteiger partial charge in [-0.1, -0.05) is 24.3 Å². The standard InChI is InChI=1S/C22H20N2O4/c1-2-28-15-12-10-14(11-13-15)24-21(17-7-5-9-19(25)20(17)26)23-18-8-4-3-6-16(18)22(24)27/h3-13,21,23,25-26H,2H2,1H3/t21-/m1/s1. The number of amides is 1. The molecule has 0 saturated carbocycles. The van der Waals surface area contributed by atoms with Crippen LogP contribution in [0.25, 0.3) is 0 Å². The molecular formula is C22H20N2O4. The summed E-state index contributed by atoms with van der Waals surface area (Å²) in [5, 5.41) is 23.7. The Labute approximate surface area is 162 Å². The number of para-hydroxylation sites is 2. The van der Waals surface area contributed by atoms with E-state index in [1.54, 1.807) is 53.4 Å². The van der Waals surface area contributed by atoms with Crippen molar-refractivity contribution >= 4 is 17.3 Å². The lowest BCUT2D eigenvalue weighted by Gasteiger charge is -2.38. The van der Waals surface area contributed by atoms with Crippen molar-refractivity contribution in [3.63, 3.8) is 0 Å². The molecule has 3 N–H and O–H groups in total. The molecule has 1 aliphatic rings. The van der Waals surface area contributed by atoms with E-state index in [0.717, 1.165) is 0 Å². The zero-order chi connectivity index (χ0) is 19.7. The summed E-state index contributed by atoms with van der Waals surface area (Å²) in [7, 11) is 0. The van der Waals surface area contributed by atoms with Crippen molar-refractivity contribution in [2.45, 2.75) is 13.1 Å². The van der Waals surface area contributed by atoms with Crippen LogP contribution in [0.4, 0.5) is 11.4 Å². The summed E-state index contributed by atoms with van der Waals surface area (Å²) < 4.78 is 5.49. The van der Waals surface area contributed by atoms with E-state index >= 15 is 0 Å². The number of hydrogen-bond donors (Lipinski definition) is 3. The SMILES string of the molecule is CCOc1ccc(N2C(=O)c3ccccc3N[C@H]2c2cccc(O)c2O)cc1. The van der Waals surface area contributed by atoms with Gasteiger partial charge in [0.1, 0.15) is 11.9 Å². The van der Waals surface area contributed by atoms with Crippen molar-refractivity contribution < 1.29 is 19.7 Å². The fourth-order valence-corrected chi connectivity index (χ4v) is 3.38. The van der Waals surface area contributed by atoms with E-state index in [0.29, 0.717) is 34.9 Å². The summed E-state index contributed by atoms with van der Waals surface area (Å²) in [5.41, 5.74) is 2.25. The van der Waals surface area contributed by atoms with Gasteiger partial charge in [-0.25, -0.2) is 0 Å². The Kier molecular flexibility index (Phi) is 4.53. The number of rotatable bonds is 4. The third kappa shape index (κ3) is 2.99. The maximum Gasteiger partial charge on any atom is 0.262 e. The van der Waals surface area contributed by atoms with Gasteiger partial charge in [-0.3, -0.25) is 9.69 Å². The molecule has 0 radical (unpaired) electrons. The van der Waals surface area contributed by atoms with Crippen molar-refractivity contribution in [3.05, 3.63) is 77.9 Å².